The van der Waals surface area contributed by atoms with Gasteiger partial charge in [0.1, 0.15) is 0 Å². The van der Waals surface area contributed by atoms with Crippen LogP contribution in [0, 0.1) is 0 Å². The van der Waals surface area contributed by atoms with Crippen LogP contribution in [0.15, 0.2) is 6.07 Å². The van der Waals surface area contributed by atoms with Crippen molar-refractivity contribution in [2.75, 3.05) is 0 Å². The summed E-state index contributed by atoms with van der Waals surface area (Å²) >= 11 is 0. The first-order valence-electron chi connectivity index (χ1n) is 23.7. The fourth-order valence-electron chi connectivity index (χ4n) is 8.35. The van der Waals surface area contributed by atoms with E-state index >= 15 is 0 Å². The number of rotatable bonds is 41. The van der Waals surface area contributed by atoms with Gasteiger partial charge in [-0.25, -0.2) is 14.4 Å². The molecule has 0 aliphatic rings. The summed E-state index contributed by atoms with van der Waals surface area (Å²) in [6, 6.07) is 1.08. The zero-order chi connectivity index (χ0) is 40.2. The summed E-state index contributed by atoms with van der Waals surface area (Å²) in [7, 11) is 0. The Bertz CT molecular complexity index is 1110. The van der Waals surface area contributed by atoms with Crippen molar-refractivity contribution in [1.82, 2.24) is 0 Å². The SMILES string of the molecule is CCCCCCCCCCCCCCCCCCCCc1c(C(=O)O)cc(C(=O)O)c(C(=O)O)c1CCCCCCCCCCCCCCCCCCCC. The number of hydrogen-bond acceptors (Lipinski definition) is 3. The highest BCUT2D eigenvalue weighted by Crippen LogP contribution is 2.29. The highest BCUT2D eigenvalue weighted by molar-refractivity contribution is 6.05. The van der Waals surface area contributed by atoms with Crippen LogP contribution in [0.5, 0.6) is 0 Å². The zero-order valence-corrected chi connectivity index (χ0v) is 36.0. The van der Waals surface area contributed by atoms with Crippen LogP contribution in [0.4, 0.5) is 0 Å². The Hall–Kier alpha value is -2.37. The fraction of sp³-hybridized carbons (Fsp3) is 0.816. The van der Waals surface area contributed by atoms with Crippen molar-refractivity contribution in [2.24, 2.45) is 0 Å². The summed E-state index contributed by atoms with van der Waals surface area (Å²) in [5.74, 6) is -3.86. The molecule has 6 nitrogen and oxygen atoms in total. The maximum atomic E-state index is 12.4. The predicted molar refractivity (Wildman–Crippen MR) is 232 cm³/mol. The average Bonchev–Trinajstić information content (AvgIpc) is 3.16. The minimum atomic E-state index is -1.39. The molecule has 55 heavy (non-hydrogen) atoms. The molecule has 1 aromatic carbocycles. The van der Waals surface area contributed by atoms with E-state index in [9.17, 15) is 29.7 Å². The molecule has 3 N–H and O–H groups in total. The number of aromatic carboxylic acids is 3. The second-order valence-electron chi connectivity index (χ2n) is 16.7. The lowest BCUT2D eigenvalue weighted by atomic mass is 9.85. The van der Waals surface area contributed by atoms with Crippen LogP contribution in [-0.4, -0.2) is 33.2 Å². The second-order valence-corrected chi connectivity index (χ2v) is 16.7. The van der Waals surface area contributed by atoms with Crippen molar-refractivity contribution in [3.8, 4) is 0 Å². The van der Waals surface area contributed by atoms with Crippen LogP contribution >= 0.6 is 0 Å². The van der Waals surface area contributed by atoms with Gasteiger partial charge < -0.3 is 15.3 Å². The molecule has 0 amide bonds. The van der Waals surface area contributed by atoms with E-state index in [2.05, 4.69) is 13.8 Å². The molecule has 0 fully saturated rings. The topological polar surface area (TPSA) is 112 Å². The minimum Gasteiger partial charge on any atom is -0.478 e. The predicted octanol–water partition coefficient (Wildman–Crippen LogP) is 15.9. The zero-order valence-electron chi connectivity index (χ0n) is 36.0. The first-order chi connectivity index (χ1) is 26.8. The van der Waals surface area contributed by atoms with E-state index in [4.69, 9.17) is 0 Å². The molecule has 0 heterocycles. The van der Waals surface area contributed by atoms with Crippen LogP contribution in [0.25, 0.3) is 0 Å². The lowest BCUT2D eigenvalue weighted by molar-refractivity contribution is 0.0647. The number of benzene rings is 1. The second kappa shape index (κ2) is 36.0. The Morgan fingerprint density at radius 3 is 0.800 bits per heavy atom. The molecule has 0 radical (unpaired) electrons. The Labute approximate surface area is 338 Å². The lowest BCUT2D eigenvalue weighted by Gasteiger charge is -2.18. The Balaban J connectivity index is 2.39. The van der Waals surface area contributed by atoms with Crippen LogP contribution in [-0.2, 0) is 12.8 Å². The molecule has 0 saturated carbocycles. The van der Waals surface area contributed by atoms with Crippen molar-refractivity contribution in [3.63, 3.8) is 0 Å². The van der Waals surface area contributed by atoms with Crippen molar-refractivity contribution >= 4 is 17.9 Å². The molecule has 0 spiro atoms. The van der Waals surface area contributed by atoms with E-state index in [1.807, 2.05) is 0 Å². The average molecular weight is 771 g/mol. The van der Waals surface area contributed by atoms with E-state index < -0.39 is 23.5 Å². The summed E-state index contributed by atoms with van der Waals surface area (Å²) in [5.41, 5.74) is 0.268. The molecular formula is C49H86O6. The van der Waals surface area contributed by atoms with E-state index in [0.29, 0.717) is 24.0 Å². The molecule has 0 aliphatic carbocycles. The van der Waals surface area contributed by atoms with Crippen LogP contribution in [0.1, 0.15) is 287 Å². The van der Waals surface area contributed by atoms with E-state index in [1.54, 1.807) is 0 Å². The van der Waals surface area contributed by atoms with E-state index in [0.717, 1.165) is 57.4 Å². The standard InChI is InChI=1S/C49H86O6/c1-3-5-7-9-11-13-15-17-19-21-23-25-27-29-31-33-35-37-39-42-43(46(49(54)55)45(48(52)53)41-44(42)47(50)51)40-38-36-34-32-30-28-26-24-22-20-18-16-14-12-10-8-6-4-2/h41H,3-40H2,1-2H3,(H,50,51)(H,52,53)(H,54,55). The molecule has 6 heteroatoms. The van der Waals surface area contributed by atoms with E-state index in [-0.39, 0.29) is 11.1 Å². The summed E-state index contributed by atoms with van der Waals surface area (Å²) in [6.07, 6.45) is 46.5. The van der Waals surface area contributed by atoms with Crippen molar-refractivity contribution in [2.45, 2.75) is 258 Å². The summed E-state index contributed by atoms with van der Waals surface area (Å²) in [5, 5.41) is 30.0. The monoisotopic (exact) mass is 771 g/mol. The quantitative estimate of drug-likeness (QED) is 0.0572. The maximum Gasteiger partial charge on any atom is 0.336 e. The Kier molecular flexibility index (Phi) is 33.2. The van der Waals surface area contributed by atoms with Gasteiger partial charge in [-0.15, -0.1) is 0 Å². The van der Waals surface area contributed by atoms with E-state index in [1.165, 1.54) is 180 Å². The first-order valence-corrected chi connectivity index (χ1v) is 23.7. The number of carboxylic acid groups (broad SMARTS) is 3. The molecule has 1 aromatic rings. The maximum absolute atomic E-state index is 12.4. The van der Waals surface area contributed by atoms with Gasteiger partial charge in [-0.2, -0.15) is 0 Å². The summed E-state index contributed by atoms with van der Waals surface area (Å²) in [4.78, 5) is 36.8. The molecule has 0 saturated heterocycles. The highest BCUT2D eigenvalue weighted by Gasteiger charge is 2.27. The fourth-order valence-corrected chi connectivity index (χ4v) is 8.35. The smallest absolute Gasteiger partial charge is 0.336 e. The molecule has 0 atom stereocenters. The molecule has 0 aromatic heterocycles. The lowest BCUT2D eigenvalue weighted by Crippen LogP contribution is -2.18. The molecule has 1 rings (SSSR count). The molecule has 318 valence electrons. The van der Waals surface area contributed by atoms with Crippen molar-refractivity contribution in [1.29, 1.82) is 0 Å². The highest BCUT2D eigenvalue weighted by atomic mass is 16.4. The number of unbranched alkanes of at least 4 members (excludes halogenated alkanes) is 34. The summed E-state index contributed by atoms with van der Waals surface area (Å²) < 4.78 is 0. The molecular weight excluding hydrogens is 685 g/mol. The van der Waals surface area contributed by atoms with Crippen LogP contribution in [0.2, 0.25) is 0 Å². The van der Waals surface area contributed by atoms with Gasteiger partial charge in [0, 0.05) is 0 Å². The minimum absolute atomic E-state index is 0.0493. The third-order valence-electron chi connectivity index (χ3n) is 11.8. The molecule has 0 bridgehead atoms. The van der Waals surface area contributed by atoms with Gasteiger partial charge >= 0.3 is 17.9 Å². The number of carboxylic acids is 3. The largest absolute Gasteiger partial charge is 0.478 e. The number of carbonyl (C=O) groups is 3. The van der Waals surface area contributed by atoms with Crippen molar-refractivity contribution < 1.29 is 29.7 Å². The Morgan fingerprint density at radius 2 is 0.564 bits per heavy atom. The normalized spacial score (nSPS) is 11.4. The van der Waals surface area contributed by atoms with Gasteiger partial charge in [0.2, 0.25) is 0 Å². The number of hydrogen-bond donors (Lipinski definition) is 3. The Morgan fingerprint density at radius 1 is 0.327 bits per heavy atom. The van der Waals surface area contributed by atoms with Gasteiger partial charge in [-0.05, 0) is 42.9 Å². The molecule has 0 unspecified atom stereocenters. The van der Waals surface area contributed by atoms with Gasteiger partial charge in [0.25, 0.3) is 0 Å². The van der Waals surface area contributed by atoms with Gasteiger partial charge in [0.05, 0.1) is 16.7 Å². The third-order valence-corrected chi connectivity index (χ3v) is 11.8. The first kappa shape index (κ1) is 50.6. The molecule has 0 aliphatic heterocycles. The van der Waals surface area contributed by atoms with Crippen LogP contribution < -0.4 is 0 Å². The van der Waals surface area contributed by atoms with Gasteiger partial charge in [-0.1, -0.05) is 232 Å². The van der Waals surface area contributed by atoms with Gasteiger partial charge in [0.15, 0.2) is 0 Å². The van der Waals surface area contributed by atoms with Crippen molar-refractivity contribution in [3.05, 3.63) is 33.9 Å². The summed E-state index contributed by atoms with van der Waals surface area (Å²) in [6.45, 7) is 4.54. The van der Waals surface area contributed by atoms with Crippen LogP contribution in [0.3, 0.4) is 0 Å². The third kappa shape index (κ3) is 26.2. The van der Waals surface area contributed by atoms with Gasteiger partial charge in [-0.3, -0.25) is 0 Å².